The minimum Gasteiger partial charge on any atom is -0.452 e. The van der Waals surface area contributed by atoms with E-state index in [9.17, 15) is 0 Å². The first-order valence-corrected chi connectivity index (χ1v) is 23.4. The van der Waals surface area contributed by atoms with Crippen LogP contribution in [0.15, 0.2) is 241 Å². The van der Waals surface area contributed by atoms with Crippen LogP contribution in [0.5, 0.6) is 0 Å². The van der Waals surface area contributed by atoms with Crippen LogP contribution in [0.25, 0.3) is 122 Å². The van der Waals surface area contributed by atoms with Crippen LogP contribution in [0, 0.1) is 0 Å². The minimum absolute atomic E-state index is 0.647. The van der Waals surface area contributed by atoms with Gasteiger partial charge in [-0.1, -0.05) is 194 Å². The van der Waals surface area contributed by atoms with Gasteiger partial charge in [0.05, 0.1) is 16.7 Å². The zero-order chi connectivity index (χ0) is 45.0. The molecule has 3 heterocycles. The summed E-state index contributed by atoms with van der Waals surface area (Å²) < 4.78 is 9.28. The summed E-state index contributed by atoms with van der Waals surface area (Å²) in [7, 11) is 0. The highest BCUT2D eigenvalue weighted by Crippen LogP contribution is 2.46. The second kappa shape index (κ2) is 16.5. The summed E-state index contributed by atoms with van der Waals surface area (Å²) in [5.74, 6) is 0.647. The number of fused-ring (bicyclic) bond motifs is 6. The molecule has 0 fully saturated rings. The van der Waals surface area contributed by atoms with Gasteiger partial charge in [0.1, 0.15) is 16.8 Å². The van der Waals surface area contributed by atoms with Gasteiger partial charge in [-0.15, -0.1) is 0 Å². The van der Waals surface area contributed by atoms with E-state index < -0.39 is 0 Å². The van der Waals surface area contributed by atoms with E-state index in [1.165, 1.54) is 38.6 Å². The molecule has 0 amide bonds. The standard InChI is InChI=1S/C64H43N3O/c1-5-17-42(18-6-1)45-29-33-47(34-30-45)54-40-51(60-63-61(53-26-14-16-28-59(53)68-63)66-64(65-60)49-23-11-4-12-24-49)41-55(48-35-31-46(32-36-48)43-19-7-2-8-20-43)62(54)67-57-27-15-13-25-52(57)56-39-50(37-38-58(56)67)44-21-9-3-10-22-44/h1,3-7,9-41H,2,8H2. The van der Waals surface area contributed by atoms with Crippen molar-refractivity contribution in [3.8, 4) is 72.8 Å². The van der Waals surface area contributed by atoms with Gasteiger partial charge < -0.3 is 8.98 Å². The van der Waals surface area contributed by atoms with Crippen molar-refractivity contribution in [2.75, 3.05) is 0 Å². The molecule has 320 valence electrons. The van der Waals surface area contributed by atoms with Gasteiger partial charge >= 0.3 is 0 Å². The molecule has 9 aromatic carbocycles. The summed E-state index contributed by atoms with van der Waals surface area (Å²) in [4.78, 5) is 10.6. The fourth-order valence-corrected chi connectivity index (χ4v) is 10.1. The Balaban J connectivity index is 1.14. The maximum atomic E-state index is 6.79. The number of nitrogens with zero attached hydrogens (tertiary/aromatic N) is 3. The van der Waals surface area contributed by atoms with E-state index in [-0.39, 0.29) is 0 Å². The van der Waals surface area contributed by atoms with E-state index >= 15 is 0 Å². The molecule has 12 aromatic rings. The lowest BCUT2D eigenvalue weighted by Crippen LogP contribution is -2.03. The first kappa shape index (κ1) is 39.5. The van der Waals surface area contributed by atoms with Crippen LogP contribution in [0.3, 0.4) is 0 Å². The third kappa shape index (κ3) is 6.85. The van der Waals surface area contributed by atoms with E-state index in [4.69, 9.17) is 14.4 Å². The predicted molar refractivity (Wildman–Crippen MR) is 283 cm³/mol. The van der Waals surface area contributed by atoms with Gasteiger partial charge in [-0.25, -0.2) is 9.97 Å². The van der Waals surface area contributed by atoms with Gasteiger partial charge in [-0.05, 0) is 99.8 Å². The maximum absolute atomic E-state index is 6.79. The third-order valence-electron chi connectivity index (χ3n) is 13.5. The largest absolute Gasteiger partial charge is 0.452 e. The molecule has 0 spiro atoms. The highest BCUT2D eigenvalue weighted by atomic mass is 16.3. The number of allylic oxidation sites excluding steroid dienone is 4. The van der Waals surface area contributed by atoms with Crippen molar-refractivity contribution in [1.82, 2.24) is 14.5 Å². The SMILES string of the molecule is C1=CC(c2ccc(-c3cc(-c4nc(-c5ccccc5)nc5c4oc4ccccc45)cc(-c4ccc(-c5ccccc5)cc4)c3-n3c4ccccc4c4cc(-c5ccccc5)ccc43)cc2)=CCC1. The number of hydrogen-bond donors (Lipinski definition) is 0. The van der Waals surface area contributed by atoms with Crippen molar-refractivity contribution in [3.05, 3.63) is 242 Å². The molecule has 0 atom stereocenters. The van der Waals surface area contributed by atoms with E-state index in [2.05, 4.69) is 205 Å². The molecule has 3 aromatic heterocycles. The Bertz CT molecular complexity index is 3920. The normalized spacial score (nSPS) is 12.6. The highest BCUT2D eigenvalue weighted by molar-refractivity contribution is 6.13. The van der Waals surface area contributed by atoms with Crippen LogP contribution in [0.4, 0.5) is 0 Å². The van der Waals surface area contributed by atoms with Crippen molar-refractivity contribution >= 4 is 49.4 Å². The average molecular weight is 870 g/mol. The molecule has 0 saturated carbocycles. The van der Waals surface area contributed by atoms with Crippen molar-refractivity contribution in [3.63, 3.8) is 0 Å². The summed E-state index contributed by atoms with van der Waals surface area (Å²) in [5, 5.41) is 3.35. The van der Waals surface area contributed by atoms with Crippen LogP contribution in [0.2, 0.25) is 0 Å². The number of aromatic nitrogens is 3. The molecular formula is C64H43N3O. The molecule has 4 nitrogen and oxygen atoms in total. The van der Waals surface area contributed by atoms with Gasteiger partial charge in [0.2, 0.25) is 0 Å². The molecular weight excluding hydrogens is 827 g/mol. The molecule has 13 rings (SSSR count). The Morgan fingerprint density at radius 3 is 1.62 bits per heavy atom. The third-order valence-corrected chi connectivity index (χ3v) is 13.5. The van der Waals surface area contributed by atoms with Gasteiger partial charge in [0.25, 0.3) is 0 Å². The van der Waals surface area contributed by atoms with Gasteiger partial charge in [-0.3, -0.25) is 0 Å². The lowest BCUT2D eigenvalue weighted by Gasteiger charge is -2.22. The topological polar surface area (TPSA) is 43.9 Å². The molecule has 0 radical (unpaired) electrons. The van der Waals surface area contributed by atoms with Crippen molar-refractivity contribution in [2.45, 2.75) is 12.8 Å². The van der Waals surface area contributed by atoms with Crippen molar-refractivity contribution < 1.29 is 4.42 Å². The van der Waals surface area contributed by atoms with Crippen molar-refractivity contribution in [2.24, 2.45) is 0 Å². The molecule has 1 aliphatic rings. The Labute approximate surface area is 394 Å². The molecule has 0 N–H and O–H groups in total. The number of furan rings is 1. The second-order valence-electron chi connectivity index (χ2n) is 17.6. The zero-order valence-corrected chi connectivity index (χ0v) is 37.2. The Kier molecular flexibility index (Phi) is 9.61. The Hall–Kier alpha value is -8.86. The molecule has 0 bridgehead atoms. The first-order valence-electron chi connectivity index (χ1n) is 23.4. The van der Waals surface area contributed by atoms with Crippen LogP contribution < -0.4 is 0 Å². The van der Waals surface area contributed by atoms with Gasteiger partial charge in [0.15, 0.2) is 11.4 Å². The van der Waals surface area contributed by atoms with Crippen LogP contribution in [-0.2, 0) is 0 Å². The second-order valence-corrected chi connectivity index (χ2v) is 17.6. The predicted octanol–water partition coefficient (Wildman–Crippen LogP) is 17.2. The summed E-state index contributed by atoms with van der Waals surface area (Å²) in [6.07, 6.45) is 8.99. The fourth-order valence-electron chi connectivity index (χ4n) is 10.1. The highest BCUT2D eigenvalue weighted by Gasteiger charge is 2.25. The van der Waals surface area contributed by atoms with E-state index in [0.717, 1.165) is 90.7 Å². The Morgan fingerprint density at radius 2 is 0.941 bits per heavy atom. The number of hydrogen-bond acceptors (Lipinski definition) is 3. The average Bonchev–Trinajstić information content (AvgIpc) is 3.97. The lowest BCUT2D eigenvalue weighted by molar-refractivity contribution is 0.667. The van der Waals surface area contributed by atoms with Gasteiger partial charge in [-0.2, -0.15) is 0 Å². The van der Waals surface area contributed by atoms with Crippen LogP contribution >= 0.6 is 0 Å². The quantitative estimate of drug-likeness (QED) is 0.153. The van der Waals surface area contributed by atoms with E-state index in [0.29, 0.717) is 11.4 Å². The van der Waals surface area contributed by atoms with Crippen LogP contribution in [-0.4, -0.2) is 14.5 Å². The molecule has 0 unspecified atom stereocenters. The van der Waals surface area contributed by atoms with E-state index in [1.54, 1.807) is 0 Å². The summed E-state index contributed by atoms with van der Waals surface area (Å²) in [6.45, 7) is 0. The molecule has 0 aliphatic heterocycles. The molecule has 1 aliphatic carbocycles. The Morgan fingerprint density at radius 1 is 0.397 bits per heavy atom. The van der Waals surface area contributed by atoms with Gasteiger partial charge in [0, 0.05) is 38.4 Å². The summed E-state index contributed by atoms with van der Waals surface area (Å²) >= 11 is 0. The summed E-state index contributed by atoms with van der Waals surface area (Å²) in [5.41, 5.74) is 19.7. The molecule has 68 heavy (non-hydrogen) atoms. The van der Waals surface area contributed by atoms with Crippen molar-refractivity contribution in [1.29, 1.82) is 0 Å². The minimum atomic E-state index is 0.647. The monoisotopic (exact) mass is 869 g/mol. The molecule has 4 heteroatoms. The molecule has 0 saturated heterocycles. The fraction of sp³-hybridized carbons (Fsp3) is 0.0312. The van der Waals surface area contributed by atoms with Crippen LogP contribution in [0.1, 0.15) is 18.4 Å². The lowest BCUT2D eigenvalue weighted by atomic mass is 9.90. The summed E-state index contributed by atoms with van der Waals surface area (Å²) in [6, 6.07) is 78.2. The maximum Gasteiger partial charge on any atom is 0.180 e. The number of benzene rings is 9. The number of para-hydroxylation sites is 2. The van der Waals surface area contributed by atoms with E-state index in [1.807, 2.05) is 36.4 Å². The number of rotatable bonds is 8. The smallest absolute Gasteiger partial charge is 0.180 e. The zero-order valence-electron chi connectivity index (χ0n) is 37.2. The first-order chi connectivity index (χ1) is 33.7.